The Bertz CT molecular complexity index is 1310. The molecule has 0 fully saturated rings. The Morgan fingerprint density at radius 2 is 1.82 bits per heavy atom. The van der Waals surface area contributed by atoms with Crippen molar-refractivity contribution in [2.24, 2.45) is 5.73 Å². The minimum absolute atomic E-state index is 0. The van der Waals surface area contributed by atoms with E-state index in [1.165, 1.54) is 14.0 Å². The summed E-state index contributed by atoms with van der Waals surface area (Å²) in [5, 5.41) is 0. The van der Waals surface area contributed by atoms with Crippen molar-refractivity contribution in [3.05, 3.63) is 72.2 Å². The predicted octanol–water partition coefficient (Wildman–Crippen LogP) is 4.42. The Kier molecular flexibility index (Phi) is 6.86. The Labute approximate surface area is 193 Å². The molecule has 4 aromatic rings. The molecule has 33 heavy (non-hydrogen) atoms. The van der Waals surface area contributed by atoms with Gasteiger partial charge in [-0.1, -0.05) is 13.5 Å². The number of carbonyl (C=O) groups excluding carboxylic acids is 1. The van der Waals surface area contributed by atoms with Crippen molar-refractivity contribution in [1.82, 2.24) is 24.5 Å². The van der Waals surface area contributed by atoms with Gasteiger partial charge in [-0.3, -0.25) is 14.8 Å². The van der Waals surface area contributed by atoms with E-state index in [0.29, 0.717) is 22.8 Å². The van der Waals surface area contributed by atoms with Crippen LogP contribution >= 0.6 is 0 Å². The predicted molar refractivity (Wildman–Crippen MR) is 130 cm³/mol. The highest BCUT2D eigenvalue weighted by Crippen LogP contribution is 2.34. The number of fused-ring (bicyclic) bond motifs is 1. The summed E-state index contributed by atoms with van der Waals surface area (Å²) >= 11 is 0. The van der Waals surface area contributed by atoms with Gasteiger partial charge in [-0.05, 0) is 39.0 Å². The topological polar surface area (TPSA) is 109 Å². The van der Waals surface area contributed by atoms with E-state index in [0.717, 1.165) is 27.9 Å². The number of pyridine rings is 2. The second kappa shape index (κ2) is 9.60. The van der Waals surface area contributed by atoms with Gasteiger partial charge in [0, 0.05) is 58.9 Å². The number of nitrogens with zero attached hydrogens (tertiary/aromatic N) is 5. The first kappa shape index (κ1) is 23.6. The molecule has 8 heteroatoms. The molecule has 0 aliphatic carbocycles. The summed E-state index contributed by atoms with van der Waals surface area (Å²) in [6.45, 7) is 5.29. The fraction of sp³-hybridized carbons (Fsp3) is 0.240. The standard InChI is InChI=1S/C24H24N6O2.CH4/c1-14(25)22(16(3)31)17-9-21-23(27-10-17)19(18-11-28-24(32-4)29-12-18)13-30(21)15(2)20-7-5-6-8-26-20;/h5-13,15H,25H2,1-4H3;1H4/t15-;/m0./s1. The molecule has 170 valence electrons. The quantitative estimate of drug-likeness (QED) is 0.438. The monoisotopic (exact) mass is 444 g/mol. The van der Waals surface area contributed by atoms with Crippen LogP contribution in [0.25, 0.3) is 27.7 Å². The Morgan fingerprint density at radius 1 is 1.09 bits per heavy atom. The zero-order valence-electron chi connectivity index (χ0n) is 18.4. The number of rotatable bonds is 6. The van der Waals surface area contributed by atoms with Crippen LogP contribution in [0.2, 0.25) is 0 Å². The molecular formula is C25H28N6O2. The maximum Gasteiger partial charge on any atom is 0.316 e. The van der Waals surface area contributed by atoms with Gasteiger partial charge in [0.05, 0.1) is 29.9 Å². The van der Waals surface area contributed by atoms with Gasteiger partial charge in [-0.15, -0.1) is 0 Å². The SMILES string of the molecule is C.COc1ncc(-c2cn([C@@H](C)c3ccccn3)c3cc(C(C(C)=O)=C(C)N)cnc23)cn1. The second-order valence-electron chi connectivity index (χ2n) is 7.54. The molecule has 0 aliphatic heterocycles. The van der Waals surface area contributed by atoms with Crippen LogP contribution in [0.15, 0.2) is 60.9 Å². The number of ether oxygens (including phenoxy) is 1. The third-order valence-electron chi connectivity index (χ3n) is 5.36. The summed E-state index contributed by atoms with van der Waals surface area (Å²) in [6, 6.07) is 7.99. The molecule has 4 rings (SSSR count). The Hall–Kier alpha value is -4.07. The number of hydrogen-bond acceptors (Lipinski definition) is 7. The zero-order valence-corrected chi connectivity index (χ0v) is 18.4. The van der Waals surface area contributed by atoms with Crippen molar-refractivity contribution >= 4 is 22.4 Å². The van der Waals surface area contributed by atoms with Crippen LogP contribution < -0.4 is 10.5 Å². The molecule has 0 amide bonds. The van der Waals surface area contributed by atoms with Crippen molar-refractivity contribution in [2.45, 2.75) is 34.2 Å². The van der Waals surface area contributed by atoms with E-state index in [1.807, 2.05) is 30.5 Å². The molecule has 0 saturated carbocycles. The van der Waals surface area contributed by atoms with Crippen LogP contribution in [0.5, 0.6) is 6.01 Å². The van der Waals surface area contributed by atoms with Crippen molar-refractivity contribution in [3.63, 3.8) is 0 Å². The highest BCUT2D eigenvalue weighted by molar-refractivity contribution is 6.20. The van der Waals surface area contributed by atoms with Gasteiger partial charge in [0.15, 0.2) is 5.78 Å². The van der Waals surface area contributed by atoms with Crippen molar-refractivity contribution in [1.29, 1.82) is 0 Å². The van der Waals surface area contributed by atoms with Crippen LogP contribution in [0.3, 0.4) is 0 Å². The number of Topliss-reactive ketones (excluding diaryl/α,β-unsaturated/α-hetero) is 1. The largest absolute Gasteiger partial charge is 0.467 e. The molecule has 0 radical (unpaired) electrons. The Balaban J connectivity index is 0.00000306. The number of carbonyl (C=O) groups is 1. The maximum absolute atomic E-state index is 12.2. The number of allylic oxidation sites excluding steroid dienone is 2. The average Bonchev–Trinajstić information content (AvgIpc) is 3.17. The van der Waals surface area contributed by atoms with Crippen molar-refractivity contribution < 1.29 is 9.53 Å². The van der Waals surface area contributed by atoms with Gasteiger partial charge in [-0.2, -0.15) is 0 Å². The number of ketones is 1. The summed E-state index contributed by atoms with van der Waals surface area (Å²) in [5.74, 6) is -0.106. The van der Waals surface area contributed by atoms with Gasteiger partial charge in [0.1, 0.15) is 0 Å². The molecule has 0 aromatic carbocycles. The molecule has 0 aliphatic rings. The second-order valence-corrected chi connectivity index (χ2v) is 7.54. The first-order valence-electron chi connectivity index (χ1n) is 10.2. The van der Waals surface area contributed by atoms with Crippen LogP contribution in [0.4, 0.5) is 0 Å². The minimum atomic E-state index is -0.106. The van der Waals surface area contributed by atoms with Crippen LogP contribution in [0, 0.1) is 0 Å². The van der Waals surface area contributed by atoms with E-state index in [2.05, 4.69) is 26.4 Å². The van der Waals surface area contributed by atoms with Crippen LogP contribution in [-0.2, 0) is 4.79 Å². The molecular weight excluding hydrogens is 416 g/mol. The molecule has 2 N–H and O–H groups in total. The number of hydrogen-bond donors (Lipinski definition) is 1. The van der Waals surface area contributed by atoms with E-state index < -0.39 is 0 Å². The Morgan fingerprint density at radius 3 is 2.39 bits per heavy atom. The van der Waals surface area contributed by atoms with Gasteiger partial charge >= 0.3 is 6.01 Å². The van der Waals surface area contributed by atoms with Crippen molar-refractivity contribution in [2.75, 3.05) is 7.11 Å². The third kappa shape index (κ3) is 4.45. The lowest BCUT2D eigenvalue weighted by Gasteiger charge is -2.15. The fourth-order valence-electron chi connectivity index (χ4n) is 3.83. The van der Waals surface area contributed by atoms with E-state index >= 15 is 0 Å². The lowest BCUT2D eigenvalue weighted by atomic mass is 10.0. The zero-order chi connectivity index (χ0) is 22.8. The smallest absolute Gasteiger partial charge is 0.316 e. The van der Waals surface area contributed by atoms with E-state index in [1.54, 1.807) is 31.7 Å². The van der Waals surface area contributed by atoms with Gasteiger partial charge in [0.25, 0.3) is 0 Å². The molecule has 0 saturated heterocycles. The van der Waals surface area contributed by atoms with Crippen LogP contribution in [0.1, 0.15) is 45.5 Å². The van der Waals surface area contributed by atoms with Gasteiger partial charge in [-0.25, -0.2) is 9.97 Å². The van der Waals surface area contributed by atoms with E-state index in [-0.39, 0.29) is 19.3 Å². The fourth-order valence-corrected chi connectivity index (χ4v) is 3.83. The van der Waals surface area contributed by atoms with Gasteiger partial charge < -0.3 is 15.0 Å². The maximum atomic E-state index is 12.2. The first-order valence-corrected chi connectivity index (χ1v) is 10.2. The summed E-state index contributed by atoms with van der Waals surface area (Å²) in [5.41, 5.74) is 11.8. The number of methoxy groups -OCH3 is 1. The normalized spacial score (nSPS) is 12.6. The van der Waals surface area contributed by atoms with Crippen LogP contribution in [-0.4, -0.2) is 37.4 Å². The van der Waals surface area contributed by atoms with E-state index in [9.17, 15) is 4.79 Å². The summed E-state index contributed by atoms with van der Waals surface area (Å²) < 4.78 is 7.18. The van der Waals surface area contributed by atoms with Crippen molar-refractivity contribution in [3.8, 4) is 17.1 Å². The third-order valence-corrected chi connectivity index (χ3v) is 5.36. The highest BCUT2D eigenvalue weighted by atomic mass is 16.5. The van der Waals surface area contributed by atoms with E-state index in [4.69, 9.17) is 15.5 Å². The summed E-state index contributed by atoms with van der Waals surface area (Å²) in [4.78, 5) is 29.9. The minimum Gasteiger partial charge on any atom is -0.467 e. The molecule has 4 heterocycles. The molecule has 4 aromatic heterocycles. The molecule has 8 nitrogen and oxygen atoms in total. The number of aromatic nitrogens is 5. The lowest BCUT2D eigenvalue weighted by Crippen LogP contribution is -2.08. The summed E-state index contributed by atoms with van der Waals surface area (Å²) in [6.07, 6.45) is 8.87. The number of nitrogens with two attached hydrogens (primary N) is 1. The molecule has 1 atom stereocenters. The highest BCUT2D eigenvalue weighted by Gasteiger charge is 2.20. The first-order chi connectivity index (χ1) is 15.4. The molecule has 0 unspecified atom stereocenters. The molecule has 0 bridgehead atoms. The summed E-state index contributed by atoms with van der Waals surface area (Å²) in [7, 11) is 1.53. The average molecular weight is 445 g/mol. The molecule has 0 spiro atoms. The van der Waals surface area contributed by atoms with Gasteiger partial charge in [0.2, 0.25) is 0 Å². The lowest BCUT2D eigenvalue weighted by molar-refractivity contribution is -0.111.